The van der Waals surface area contributed by atoms with Crippen molar-refractivity contribution in [3.8, 4) is 0 Å². The Balaban J connectivity index is 1.95. The Labute approximate surface area is 125 Å². The normalized spacial score (nSPS) is 21.6. The van der Waals surface area contributed by atoms with Crippen LogP contribution in [0.3, 0.4) is 0 Å². The molecule has 1 saturated carbocycles. The monoisotopic (exact) mass is 289 g/mol. The van der Waals surface area contributed by atoms with Gasteiger partial charge in [-0.1, -0.05) is 12.1 Å². The zero-order chi connectivity index (χ0) is 15.2. The molecule has 0 bridgehead atoms. The van der Waals surface area contributed by atoms with Crippen molar-refractivity contribution < 1.29 is 9.59 Å². The van der Waals surface area contributed by atoms with E-state index in [1.807, 2.05) is 31.3 Å². The smallest absolute Gasteiger partial charge is 0.220 e. The van der Waals surface area contributed by atoms with Crippen LogP contribution in [0, 0.1) is 11.8 Å². The van der Waals surface area contributed by atoms with E-state index in [1.54, 1.807) is 0 Å². The number of primary amides is 1. The topological polar surface area (TPSA) is 75.4 Å². The van der Waals surface area contributed by atoms with E-state index in [1.165, 1.54) is 0 Å². The summed E-state index contributed by atoms with van der Waals surface area (Å²) >= 11 is 0. The molecule has 0 radical (unpaired) electrons. The van der Waals surface area contributed by atoms with Gasteiger partial charge in [0.1, 0.15) is 0 Å². The van der Waals surface area contributed by atoms with Crippen LogP contribution in [0.25, 0.3) is 0 Å². The Morgan fingerprint density at radius 1 is 1.33 bits per heavy atom. The maximum atomic E-state index is 11.2. The van der Waals surface area contributed by atoms with Crippen molar-refractivity contribution in [3.63, 3.8) is 0 Å². The molecule has 2 rings (SSSR count). The van der Waals surface area contributed by atoms with E-state index < -0.39 is 0 Å². The van der Waals surface area contributed by atoms with Gasteiger partial charge in [0.2, 0.25) is 12.3 Å². The van der Waals surface area contributed by atoms with Gasteiger partial charge in [-0.15, -0.1) is 0 Å². The number of nitrogens with zero attached hydrogens (tertiary/aromatic N) is 1. The van der Waals surface area contributed by atoms with E-state index >= 15 is 0 Å². The second kappa shape index (κ2) is 7.11. The maximum Gasteiger partial charge on any atom is 0.220 e. The summed E-state index contributed by atoms with van der Waals surface area (Å²) in [5.74, 6) is 0.452. The van der Waals surface area contributed by atoms with Crippen LogP contribution in [0.15, 0.2) is 24.3 Å². The van der Waals surface area contributed by atoms with Gasteiger partial charge in [0, 0.05) is 19.5 Å². The molecule has 0 aromatic heterocycles. The van der Waals surface area contributed by atoms with E-state index in [4.69, 9.17) is 5.73 Å². The van der Waals surface area contributed by atoms with E-state index in [0.717, 1.165) is 43.6 Å². The Morgan fingerprint density at radius 2 is 2.00 bits per heavy atom. The van der Waals surface area contributed by atoms with E-state index in [9.17, 15) is 9.59 Å². The van der Waals surface area contributed by atoms with Crippen molar-refractivity contribution in [1.29, 1.82) is 0 Å². The van der Waals surface area contributed by atoms with Crippen LogP contribution < -0.4 is 16.0 Å². The molecule has 1 fully saturated rings. The summed E-state index contributed by atoms with van der Waals surface area (Å²) in [5, 5.41) is 2.73. The van der Waals surface area contributed by atoms with Crippen LogP contribution in [0.4, 0.5) is 11.4 Å². The predicted octanol–water partition coefficient (Wildman–Crippen LogP) is 1.98. The van der Waals surface area contributed by atoms with Crippen molar-refractivity contribution in [2.75, 3.05) is 23.8 Å². The van der Waals surface area contributed by atoms with Gasteiger partial charge in [0.15, 0.2) is 0 Å². The van der Waals surface area contributed by atoms with Crippen molar-refractivity contribution in [2.45, 2.75) is 25.7 Å². The minimum Gasteiger partial charge on any atom is -0.373 e. The summed E-state index contributed by atoms with van der Waals surface area (Å²) < 4.78 is 0. The average Bonchev–Trinajstić information content (AvgIpc) is 2.48. The van der Waals surface area contributed by atoms with Gasteiger partial charge in [0.05, 0.1) is 11.4 Å². The number of nitrogens with two attached hydrogens (primary N) is 1. The molecule has 0 atom stereocenters. The number of para-hydroxylation sites is 2. The lowest BCUT2D eigenvalue weighted by molar-refractivity contribution is -0.122. The van der Waals surface area contributed by atoms with E-state index in [0.29, 0.717) is 12.3 Å². The van der Waals surface area contributed by atoms with Crippen molar-refractivity contribution in [1.82, 2.24) is 0 Å². The third-order valence-corrected chi connectivity index (χ3v) is 4.31. The predicted molar refractivity (Wildman–Crippen MR) is 84.0 cm³/mol. The number of anilines is 2. The molecule has 1 aliphatic rings. The Bertz CT molecular complexity index is 496. The fourth-order valence-corrected chi connectivity index (χ4v) is 3.11. The van der Waals surface area contributed by atoms with Gasteiger partial charge < -0.3 is 16.0 Å². The fraction of sp³-hybridized carbons (Fsp3) is 0.500. The average molecular weight is 289 g/mol. The highest BCUT2D eigenvalue weighted by Crippen LogP contribution is 2.31. The third kappa shape index (κ3) is 3.97. The number of carbonyl (C=O) groups is 2. The highest BCUT2D eigenvalue weighted by Gasteiger charge is 2.25. The third-order valence-electron chi connectivity index (χ3n) is 4.31. The molecule has 5 heteroatoms. The van der Waals surface area contributed by atoms with Crippen LogP contribution in [0.5, 0.6) is 0 Å². The SMILES string of the molecule is CN(CC1CCC(C(N)=O)CC1)c1ccccc1NC=O. The molecule has 1 aromatic carbocycles. The first-order valence-corrected chi connectivity index (χ1v) is 7.41. The van der Waals surface area contributed by atoms with E-state index in [-0.39, 0.29) is 11.8 Å². The molecule has 0 aliphatic heterocycles. The lowest BCUT2D eigenvalue weighted by Gasteiger charge is -2.31. The number of hydrogen-bond acceptors (Lipinski definition) is 3. The molecule has 1 aromatic rings. The summed E-state index contributed by atoms with van der Waals surface area (Å²) in [7, 11) is 2.03. The second-order valence-corrected chi connectivity index (χ2v) is 5.78. The molecule has 0 saturated heterocycles. The first kappa shape index (κ1) is 15.4. The minimum atomic E-state index is -0.165. The maximum absolute atomic E-state index is 11.2. The minimum absolute atomic E-state index is 0.0515. The number of carbonyl (C=O) groups excluding carboxylic acids is 2. The quantitative estimate of drug-likeness (QED) is 0.786. The molecule has 3 N–H and O–H groups in total. The lowest BCUT2D eigenvalue weighted by atomic mass is 9.81. The van der Waals surface area contributed by atoms with Crippen LogP contribution in [0.2, 0.25) is 0 Å². The van der Waals surface area contributed by atoms with Crippen LogP contribution in [-0.2, 0) is 9.59 Å². The van der Waals surface area contributed by atoms with Crippen molar-refractivity contribution in [3.05, 3.63) is 24.3 Å². The van der Waals surface area contributed by atoms with Gasteiger partial charge >= 0.3 is 0 Å². The molecule has 0 spiro atoms. The number of rotatable bonds is 6. The van der Waals surface area contributed by atoms with Crippen LogP contribution in [-0.4, -0.2) is 25.9 Å². The molecule has 0 heterocycles. The molecule has 114 valence electrons. The van der Waals surface area contributed by atoms with Crippen molar-refractivity contribution >= 4 is 23.7 Å². The second-order valence-electron chi connectivity index (χ2n) is 5.78. The Morgan fingerprint density at radius 3 is 2.62 bits per heavy atom. The van der Waals surface area contributed by atoms with Gasteiger partial charge in [0.25, 0.3) is 0 Å². The zero-order valence-electron chi connectivity index (χ0n) is 12.4. The first-order valence-electron chi connectivity index (χ1n) is 7.41. The fourth-order valence-electron chi connectivity index (χ4n) is 3.11. The van der Waals surface area contributed by atoms with Gasteiger partial charge in [-0.05, 0) is 43.7 Å². The standard InChI is InChI=1S/C16H23N3O2/c1-19(15-5-3-2-4-14(15)18-11-20)10-12-6-8-13(9-7-12)16(17)21/h2-5,11-13H,6-10H2,1H3,(H2,17,21)(H,18,20). The molecule has 0 unspecified atom stereocenters. The molecule has 5 nitrogen and oxygen atoms in total. The van der Waals surface area contributed by atoms with Gasteiger partial charge in [-0.25, -0.2) is 0 Å². The number of benzene rings is 1. The molecular weight excluding hydrogens is 266 g/mol. The molecule has 2 amide bonds. The molecule has 1 aliphatic carbocycles. The number of nitrogens with one attached hydrogen (secondary N) is 1. The summed E-state index contributed by atoms with van der Waals surface area (Å²) in [5.41, 5.74) is 7.20. The van der Waals surface area contributed by atoms with Crippen molar-refractivity contribution in [2.24, 2.45) is 17.6 Å². The summed E-state index contributed by atoms with van der Waals surface area (Å²) in [6, 6.07) is 7.76. The van der Waals surface area contributed by atoms with E-state index in [2.05, 4.69) is 10.2 Å². The molecule has 21 heavy (non-hydrogen) atoms. The van der Waals surface area contributed by atoms with Gasteiger partial charge in [-0.2, -0.15) is 0 Å². The van der Waals surface area contributed by atoms with Crippen LogP contribution in [0.1, 0.15) is 25.7 Å². The highest BCUT2D eigenvalue weighted by atomic mass is 16.1. The highest BCUT2D eigenvalue weighted by molar-refractivity contribution is 5.81. The lowest BCUT2D eigenvalue weighted by Crippen LogP contribution is -2.32. The zero-order valence-corrected chi connectivity index (χ0v) is 12.4. The Kier molecular flexibility index (Phi) is 5.20. The summed E-state index contributed by atoms with van der Waals surface area (Å²) in [6.07, 6.45) is 4.54. The number of hydrogen-bond donors (Lipinski definition) is 2. The first-order chi connectivity index (χ1) is 10.1. The van der Waals surface area contributed by atoms with Gasteiger partial charge in [-0.3, -0.25) is 9.59 Å². The summed E-state index contributed by atoms with van der Waals surface area (Å²) in [4.78, 5) is 24.0. The Hall–Kier alpha value is -2.04. The summed E-state index contributed by atoms with van der Waals surface area (Å²) in [6.45, 7) is 0.920. The largest absolute Gasteiger partial charge is 0.373 e. The van der Waals surface area contributed by atoms with Crippen LogP contribution >= 0.6 is 0 Å². The number of amides is 2. The molecular formula is C16H23N3O2.